The summed E-state index contributed by atoms with van der Waals surface area (Å²) in [6, 6.07) is 40.9. The summed E-state index contributed by atoms with van der Waals surface area (Å²) in [5.41, 5.74) is 4.08. The van der Waals surface area contributed by atoms with Crippen molar-refractivity contribution in [3.05, 3.63) is 144 Å². The minimum absolute atomic E-state index is 0.278. The molecule has 1 amide bonds. The van der Waals surface area contributed by atoms with Crippen LogP contribution in [0, 0.1) is 0 Å². The minimum Gasteiger partial charge on any atom is -0.444 e. The third-order valence-electron chi connectivity index (χ3n) is 8.38. The van der Waals surface area contributed by atoms with E-state index in [1.165, 1.54) is 16.7 Å². The van der Waals surface area contributed by atoms with Crippen LogP contribution in [0.15, 0.2) is 121 Å². The van der Waals surface area contributed by atoms with Gasteiger partial charge in [0.15, 0.2) is 0 Å². The van der Waals surface area contributed by atoms with Crippen molar-refractivity contribution in [1.29, 1.82) is 0 Å². The number of nitrogens with zero attached hydrogens (tertiary/aromatic N) is 3. The Labute approximate surface area is 268 Å². The monoisotopic (exact) mass is 605 g/mol. The van der Waals surface area contributed by atoms with E-state index in [0.717, 1.165) is 12.1 Å². The molecule has 4 aromatic carbocycles. The number of carbonyl (C=O) groups excluding carboxylic acids is 1. The molecule has 0 bridgehead atoms. The molecular formula is C39H47N3O3. The average Bonchev–Trinajstić information content (AvgIpc) is 3.04. The second-order valence-corrected chi connectivity index (χ2v) is 13.1. The summed E-state index contributed by atoms with van der Waals surface area (Å²) >= 11 is 0. The molecule has 0 radical (unpaired) electrons. The van der Waals surface area contributed by atoms with E-state index in [9.17, 15) is 9.90 Å². The smallest absolute Gasteiger partial charge is 0.410 e. The van der Waals surface area contributed by atoms with Crippen LogP contribution in [-0.2, 0) is 30.8 Å². The third kappa shape index (κ3) is 9.51. The molecule has 1 saturated heterocycles. The SMILES string of the molecule is CC(C)(C)OC(=O)N1CCN(Cc2ccccc2)CC1C(O)C(Cc1ccccc1)N(Cc1ccccc1)Cc1ccccc1. The van der Waals surface area contributed by atoms with Gasteiger partial charge in [-0.1, -0.05) is 121 Å². The lowest BCUT2D eigenvalue weighted by Crippen LogP contribution is -2.64. The van der Waals surface area contributed by atoms with Crippen LogP contribution in [0.25, 0.3) is 0 Å². The van der Waals surface area contributed by atoms with Crippen molar-refractivity contribution in [1.82, 2.24) is 14.7 Å². The zero-order valence-electron chi connectivity index (χ0n) is 26.8. The second kappa shape index (κ2) is 15.3. The third-order valence-corrected chi connectivity index (χ3v) is 8.38. The molecule has 3 atom stereocenters. The molecule has 6 nitrogen and oxygen atoms in total. The summed E-state index contributed by atoms with van der Waals surface area (Å²) in [7, 11) is 0. The first-order chi connectivity index (χ1) is 21.7. The normalized spacial score (nSPS) is 17.2. The van der Waals surface area contributed by atoms with Crippen LogP contribution in [-0.4, -0.2) is 69.3 Å². The Morgan fingerprint density at radius 2 is 1.22 bits per heavy atom. The number of aliphatic hydroxyl groups excluding tert-OH is 1. The molecule has 0 aliphatic carbocycles. The second-order valence-electron chi connectivity index (χ2n) is 13.1. The molecule has 0 saturated carbocycles. The largest absolute Gasteiger partial charge is 0.444 e. The molecule has 0 aromatic heterocycles. The topological polar surface area (TPSA) is 56.3 Å². The fraction of sp³-hybridized carbons (Fsp3) is 0.359. The first-order valence-corrected chi connectivity index (χ1v) is 16.0. The average molecular weight is 606 g/mol. The number of rotatable bonds is 11. The van der Waals surface area contributed by atoms with Crippen LogP contribution in [0.2, 0.25) is 0 Å². The van der Waals surface area contributed by atoms with Gasteiger partial charge in [-0.05, 0) is 49.4 Å². The van der Waals surface area contributed by atoms with Crippen molar-refractivity contribution in [2.45, 2.75) is 70.6 Å². The Balaban J connectivity index is 1.51. The maximum atomic E-state index is 13.7. The first kappa shape index (κ1) is 32.4. The number of ether oxygens (including phenoxy) is 1. The quantitative estimate of drug-likeness (QED) is 0.204. The standard InChI is InChI=1S/C39H47N3O3/c1-39(2,3)45-38(44)42-25-24-40(27-32-18-10-5-11-19-32)30-36(42)37(43)35(26-31-16-8-4-9-17-31)41(28-33-20-12-6-13-21-33)29-34-22-14-7-15-23-34/h4-23,35-37,43H,24-30H2,1-3H3. The van der Waals surface area contributed by atoms with Gasteiger partial charge in [-0.3, -0.25) is 14.7 Å². The lowest BCUT2D eigenvalue weighted by atomic mass is 9.91. The van der Waals surface area contributed by atoms with E-state index >= 15 is 0 Å². The van der Waals surface area contributed by atoms with E-state index in [0.29, 0.717) is 39.1 Å². The molecule has 4 aromatic rings. The molecule has 5 rings (SSSR count). The van der Waals surface area contributed by atoms with Crippen molar-refractivity contribution in [2.75, 3.05) is 19.6 Å². The minimum atomic E-state index is -0.844. The summed E-state index contributed by atoms with van der Waals surface area (Å²) in [5.74, 6) is 0. The number of aliphatic hydroxyl groups is 1. The van der Waals surface area contributed by atoms with Crippen LogP contribution >= 0.6 is 0 Å². The summed E-state index contributed by atoms with van der Waals surface area (Å²) in [6.07, 6.45) is -0.579. The molecule has 3 unspecified atom stereocenters. The Morgan fingerprint density at radius 1 is 0.756 bits per heavy atom. The molecular weight excluding hydrogens is 558 g/mol. The molecule has 1 aliphatic heterocycles. The highest BCUT2D eigenvalue weighted by atomic mass is 16.6. The summed E-state index contributed by atoms with van der Waals surface area (Å²) in [5, 5.41) is 12.6. The molecule has 0 spiro atoms. The molecule has 1 N–H and O–H groups in total. The maximum Gasteiger partial charge on any atom is 0.410 e. The van der Waals surface area contributed by atoms with Gasteiger partial charge in [0.2, 0.25) is 0 Å². The molecule has 236 valence electrons. The van der Waals surface area contributed by atoms with Crippen LogP contribution in [0.1, 0.15) is 43.0 Å². The van der Waals surface area contributed by atoms with Crippen molar-refractivity contribution in [3.8, 4) is 0 Å². The molecule has 1 aliphatic rings. The van der Waals surface area contributed by atoms with Gasteiger partial charge < -0.3 is 9.84 Å². The number of benzene rings is 4. The van der Waals surface area contributed by atoms with Crippen LogP contribution in [0.5, 0.6) is 0 Å². The number of piperazine rings is 1. The van der Waals surface area contributed by atoms with Gasteiger partial charge >= 0.3 is 6.09 Å². The zero-order chi connectivity index (χ0) is 31.6. The highest BCUT2D eigenvalue weighted by Crippen LogP contribution is 2.26. The first-order valence-electron chi connectivity index (χ1n) is 16.0. The molecule has 1 heterocycles. The van der Waals surface area contributed by atoms with Crippen LogP contribution < -0.4 is 0 Å². The Kier molecular flexibility index (Phi) is 11.1. The van der Waals surface area contributed by atoms with E-state index in [2.05, 4.69) is 94.7 Å². The van der Waals surface area contributed by atoms with Gasteiger partial charge in [0.25, 0.3) is 0 Å². The van der Waals surface area contributed by atoms with Crippen molar-refractivity contribution >= 4 is 6.09 Å². The highest BCUT2D eigenvalue weighted by molar-refractivity contribution is 5.69. The highest BCUT2D eigenvalue weighted by Gasteiger charge is 2.42. The van der Waals surface area contributed by atoms with Crippen LogP contribution in [0.3, 0.4) is 0 Å². The fourth-order valence-corrected chi connectivity index (χ4v) is 6.20. The van der Waals surface area contributed by atoms with Gasteiger partial charge in [0.1, 0.15) is 5.60 Å². The van der Waals surface area contributed by atoms with Gasteiger partial charge in [-0.25, -0.2) is 4.79 Å². The van der Waals surface area contributed by atoms with E-state index in [1.54, 1.807) is 4.90 Å². The summed E-state index contributed by atoms with van der Waals surface area (Å²) in [4.78, 5) is 20.2. The summed E-state index contributed by atoms with van der Waals surface area (Å²) < 4.78 is 5.90. The van der Waals surface area contributed by atoms with E-state index in [-0.39, 0.29) is 12.1 Å². The number of amides is 1. The molecule has 45 heavy (non-hydrogen) atoms. The van der Waals surface area contributed by atoms with Crippen molar-refractivity contribution in [2.24, 2.45) is 0 Å². The predicted molar refractivity (Wildman–Crippen MR) is 181 cm³/mol. The number of hydrogen-bond acceptors (Lipinski definition) is 5. The Bertz CT molecular complexity index is 1400. The Morgan fingerprint density at radius 3 is 1.71 bits per heavy atom. The number of carbonyl (C=O) groups is 1. The van der Waals surface area contributed by atoms with Gasteiger partial charge in [0, 0.05) is 45.3 Å². The molecule has 1 fully saturated rings. The van der Waals surface area contributed by atoms with Crippen molar-refractivity contribution < 1.29 is 14.6 Å². The van der Waals surface area contributed by atoms with E-state index < -0.39 is 17.7 Å². The van der Waals surface area contributed by atoms with E-state index in [1.807, 2.05) is 57.2 Å². The lowest BCUT2D eigenvalue weighted by molar-refractivity contribution is -0.0609. The van der Waals surface area contributed by atoms with Gasteiger partial charge in [-0.15, -0.1) is 0 Å². The van der Waals surface area contributed by atoms with Gasteiger partial charge in [-0.2, -0.15) is 0 Å². The maximum absolute atomic E-state index is 13.7. The molecule has 6 heteroatoms. The fourth-order valence-electron chi connectivity index (χ4n) is 6.20. The van der Waals surface area contributed by atoms with Gasteiger partial charge in [0.05, 0.1) is 12.1 Å². The lowest BCUT2D eigenvalue weighted by Gasteiger charge is -2.47. The van der Waals surface area contributed by atoms with Crippen molar-refractivity contribution in [3.63, 3.8) is 0 Å². The summed E-state index contributed by atoms with van der Waals surface area (Å²) in [6.45, 7) is 9.50. The van der Waals surface area contributed by atoms with Crippen LogP contribution in [0.4, 0.5) is 4.79 Å². The zero-order valence-corrected chi connectivity index (χ0v) is 26.8. The van der Waals surface area contributed by atoms with E-state index in [4.69, 9.17) is 4.74 Å². The Hall–Kier alpha value is -3.97. The number of hydrogen-bond donors (Lipinski definition) is 1. The predicted octanol–water partition coefficient (Wildman–Crippen LogP) is 6.78.